The van der Waals surface area contributed by atoms with Crippen molar-refractivity contribution >= 4 is 15.9 Å². The Morgan fingerprint density at radius 1 is 1.33 bits per heavy atom. The molecule has 0 saturated heterocycles. The van der Waals surface area contributed by atoms with Crippen molar-refractivity contribution in [2.24, 2.45) is 11.3 Å². The average molecular weight is 317 g/mol. The number of nitrogens with zero attached hydrogens (tertiary/aromatic N) is 2. The van der Waals surface area contributed by atoms with E-state index in [1.165, 1.54) is 5.69 Å². The van der Waals surface area contributed by atoms with E-state index < -0.39 is 0 Å². The van der Waals surface area contributed by atoms with Crippen LogP contribution in [0.1, 0.15) is 46.0 Å². The van der Waals surface area contributed by atoms with Crippen LogP contribution in [0, 0.1) is 11.3 Å². The van der Waals surface area contributed by atoms with Gasteiger partial charge in [-0.15, -0.1) is 0 Å². The van der Waals surface area contributed by atoms with Gasteiger partial charge in [0.15, 0.2) is 0 Å². The fraction of sp³-hybridized carbons (Fsp3) is 0.786. The van der Waals surface area contributed by atoms with Gasteiger partial charge in [0.2, 0.25) is 0 Å². The summed E-state index contributed by atoms with van der Waals surface area (Å²) in [6.45, 7) is 11.8. The van der Waals surface area contributed by atoms with E-state index in [-0.39, 0.29) is 17.9 Å². The first-order chi connectivity index (χ1) is 8.35. The van der Waals surface area contributed by atoms with Crippen molar-refractivity contribution in [2.75, 3.05) is 6.61 Å². The van der Waals surface area contributed by atoms with Gasteiger partial charge in [-0.1, -0.05) is 27.7 Å². The monoisotopic (exact) mass is 316 g/mol. The summed E-state index contributed by atoms with van der Waals surface area (Å²) in [5.41, 5.74) is 2.42. The molecule has 0 fully saturated rings. The van der Waals surface area contributed by atoms with E-state index in [4.69, 9.17) is 0 Å². The van der Waals surface area contributed by atoms with Gasteiger partial charge in [0.1, 0.15) is 0 Å². The normalized spacial score (nSPS) is 13.9. The van der Waals surface area contributed by atoms with E-state index in [2.05, 4.69) is 60.3 Å². The van der Waals surface area contributed by atoms with Crippen LogP contribution in [0.25, 0.3) is 0 Å². The largest absolute Gasteiger partial charge is 0.396 e. The Morgan fingerprint density at radius 3 is 2.33 bits per heavy atom. The number of aliphatic hydroxyl groups is 1. The zero-order chi connectivity index (χ0) is 13.9. The van der Waals surface area contributed by atoms with Gasteiger partial charge >= 0.3 is 0 Å². The SMILES string of the molecule is CCc1nn(CC)c(CC(CO)C(C)(C)C)c1Br. The summed E-state index contributed by atoms with van der Waals surface area (Å²) in [7, 11) is 0. The maximum atomic E-state index is 9.60. The molecule has 0 amide bonds. The lowest BCUT2D eigenvalue weighted by molar-refractivity contribution is 0.129. The van der Waals surface area contributed by atoms with Crippen LogP contribution in [-0.4, -0.2) is 21.5 Å². The van der Waals surface area contributed by atoms with Crippen molar-refractivity contribution in [1.29, 1.82) is 0 Å². The molecule has 104 valence electrons. The number of aliphatic hydroxyl groups excluding tert-OH is 1. The summed E-state index contributed by atoms with van der Waals surface area (Å²) in [5.74, 6) is 0.250. The summed E-state index contributed by atoms with van der Waals surface area (Å²) in [6.07, 6.45) is 1.79. The molecule has 4 heteroatoms. The number of halogens is 1. The molecule has 1 aromatic rings. The van der Waals surface area contributed by atoms with Gasteiger partial charge in [0, 0.05) is 13.2 Å². The van der Waals surface area contributed by atoms with E-state index in [1.54, 1.807) is 0 Å². The Morgan fingerprint density at radius 2 is 1.94 bits per heavy atom. The summed E-state index contributed by atoms with van der Waals surface area (Å²) >= 11 is 3.66. The molecule has 0 radical (unpaired) electrons. The first kappa shape index (κ1) is 15.7. The molecule has 0 bridgehead atoms. The molecule has 0 aliphatic heterocycles. The van der Waals surface area contributed by atoms with Crippen molar-refractivity contribution < 1.29 is 5.11 Å². The highest BCUT2D eigenvalue weighted by molar-refractivity contribution is 9.10. The minimum absolute atomic E-state index is 0.101. The second-order valence-electron chi connectivity index (χ2n) is 5.83. The quantitative estimate of drug-likeness (QED) is 0.903. The molecule has 3 nitrogen and oxygen atoms in total. The third-order valence-electron chi connectivity index (χ3n) is 3.58. The molecule has 1 N–H and O–H groups in total. The third-order valence-corrected chi connectivity index (χ3v) is 4.49. The molecule has 0 aliphatic carbocycles. The predicted molar refractivity (Wildman–Crippen MR) is 78.7 cm³/mol. The zero-order valence-corrected chi connectivity index (χ0v) is 13.7. The molecule has 18 heavy (non-hydrogen) atoms. The zero-order valence-electron chi connectivity index (χ0n) is 12.1. The second kappa shape index (κ2) is 6.20. The van der Waals surface area contributed by atoms with Crippen molar-refractivity contribution in [3.05, 3.63) is 15.9 Å². The van der Waals surface area contributed by atoms with Crippen LogP contribution in [0.5, 0.6) is 0 Å². The average Bonchev–Trinajstić information content (AvgIpc) is 2.60. The van der Waals surface area contributed by atoms with E-state index in [9.17, 15) is 5.11 Å². The van der Waals surface area contributed by atoms with Gasteiger partial charge in [-0.25, -0.2) is 0 Å². The van der Waals surface area contributed by atoms with Crippen LogP contribution in [0.4, 0.5) is 0 Å². The number of hydrogen-bond donors (Lipinski definition) is 1. The topological polar surface area (TPSA) is 38.0 Å². The van der Waals surface area contributed by atoms with E-state index in [0.29, 0.717) is 0 Å². The van der Waals surface area contributed by atoms with Gasteiger partial charge in [0.25, 0.3) is 0 Å². The van der Waals surface area contributed by atoms with E-state index in [1.807, 2.05) is 0 Å². The van der Waals surface area contributed by atoms with Gasteiger partial charge < -0.3 is 5.11 Å². The van der Waals surface area contributed by atoms with Gasteiger partial charge in [-0.2, -0.15) is 5.10 Å². The highest BCUT2D eigenvalue weighted by atomic mass is 79.9. The Labute approximate surface area is 119 Å². The van der Waals surface area contributed by atoms with Crippen LogP contribution in [0.2, 0.25) is 0 Å². The molecule has 0 spiro atoms. The number of aromatic nitrogens is 2. The molecule has 1 heterocycles. The first-order valence-electron chi connectivity index (χ1n) is 6.70. The first-order valence-corrected chi connectivity index (χ1v) is 7.49. The molecule has 1 aromatic heterocycles. The summed E-state index contributed by atoms with van der Waals surface area (Å²) in [6, 6.07) is 0. The molecule has 1 rings (SSSR count). The highest BCUT2D eigenvalue weighted by Gasteiger charge is 2.27. The molecule has 0 aromatic carbocycles. The molecular formula is C14H25BrN2O. The maximum Gasteiger partial charge on any atom is 0.0766 e. The molecule has 1 atom stereocenters. The van der Waals surface area contributed by atoms with Crippen molar-refractivity contribution in [1.82, 2.24) is 9.78 Å². The van der Waals surface area contributed by atoms with Crippen LogP contribution in [-0.2, 0) is 19.4 Å². The van der Waals surface area contributed by atoms with E-state index >= 15 is 0 Å². The van der Waals surface area contributed by atoms with Crippen LogP contribution in [0.15, 0.2) is 4.47 Å². The molecule has 0 saturated carbocycles. The molecule has 0 aliphatic rings. The second-order valence-corrected chi connectivity index (χ2v) is 6.62. The summed E-state index contributed by atoms with van der Waals surface area (Å²) < 4.78 is 3.17. The van der Waals surface area contributed by atoms with Gasteiger partial charge in [-0.05, 0) is 47.0 Å². The minimum Gasteiger partial charge on any atom is -0.396 e. The number of rotatable bonds is 5. The Bertz CT molecular complexity index is 393. The predicted octanol–water partition coefficient (Wildman–Crippen LogP) is 3.43. The fourth-order valence-electron chi connectivity index (χ4n) is 2.09. The van der Waals surface area contributed by atoms with Crippen molar-refractivity contribution in [3.8, 4) is 0 Å². The Hall–Kier alpha value is -0.350. The number of hydrogen-bond acceptors (Lipinski definition) is 2. The van der Waals surface area contributed by atoms with E-state index in [0.717, 1.165) is 29.6 Å². The Balaban J connectivity index is 3.05. The minimum atomic E-state index is 0.101. The smallest absolute Gasteiger partial charge is 0.0766 e. The summed E-state index contributed by atoms with van der Waals surface area (Å²) in [4.78, 5) is 0. The van der Waals surface area contributed by atoms with Gasteiger partial charge in [-0.3, -0.25) is 4.68 Å². The molecular weight excluding hydrogens is 292 g/mol. The lowest BCUT2D eigenvalue weighted by atomic mass is 9.78. The highest BCUT2D eigenvalue weighted by Crippen LogP contribution is 2.32. The summed E-state index contributed by atoms with van der Waals surface area (Å²) in [5, 5.41) is 14.2. The lowest BCUT2D eigenvalue weighted by Crippen LogP contribution is -2.27. The molecule has 1 unspecified atom stereocenters. The van der Waals surface area contributed by atoms with Gasteiger partial charge in [0.05, 0.1) is 15.9 Å². The fourth-order valence-corrected chi connectivity index (χ4v) is 2.82. The van der Waals surface area contributed by atoms with Crippen LogP contribution >= 0.6 is 15.9 Å². The lowest BCUT2D eigenvalue weighted by Gasteiger charge is -2.29. The third kappa shape index (κ3) is 3.35. The number of aryl methyl sites for hydroxylation is 2. The maximum absolute atomic E-state index is 9.60. The van der Waals surface area contributed by atoms with Crippen LogP contribution in [0.3, 0.4) is 0 Å². The Kier molecular flexibility index (Phi) is 5.41. The van der Waals surface area contributed by atoms with Crippen molar-refractivity contribution in [3.63, 3.8) is 0 Å². The standard InChI is InChI=1S/C14H25BrN2O/c1-6-11-13(15)12(17(7-2)16-11)8-10(9-18)14(3,4)5/h10,18H,6-9H2,1-5H3. The van der Waals surface area contributed by atoms with Crippen molar-refractivity contribution in [2.45, 2.75) is 54.0 Å². The van der Waals surface area contributed by atoms with Crippen LogP contribution < -0.4 is 0 Å².